The Labute approximate surface area is 185 Å². The zero-order valence-corrected chi connectivity index (χ0v) is 19.1. The summed E-state index contributed by atoms with van der Waals surface area (Å²) in [6, 6.07) is 6.03. The van der Waals surface area contributed by atoms with Crippen LogP contribution in [-0.4, -0.2) is 54.8 Å². The molecule has 0 spiro atoms. The van der Waals surface area contributed by atoms with Crippen LogP contribution < -0.4 is 0 Å². The number of amides is 1. The second-order valence-corrected chi connectivity index (χ2v) is 8.63. The number of esters is 2. The summed E-state index contributed by atoms with van der Waals surface area (Å²) in [5.41, 5.74) is 0.445. The van der Waals surface area contributed by atoms with Crippen molar-refractivity contribution in [3.63, 3.8) is 0 Å². The molecule has 30 heavy (non-hydrogen) atoms. The van der Waals surface area contributed by atoms with E-state index < -0.39 is 23.9 Å². The molecule has 0 saturated carbocycles. The van der Waals surface area contributed by atoms with Gasteiger partial charge in [0, 0.05) is 16.6 Å². The minimum absolute atomic E-state index is 0.0344. The van der Waals surface area contributed by atoms with Crippen molar-refractivity contribution >= 4 is 39.6 Å². The molecule has 1 amide bonds. The lowest BCUT2D eigenvalue weighted by Gasteiger charge is -2.37. The summed E-state index contributed by atoms with van der Waals surface area (Å²) in [4.78, 5) is 51.4. The predicted molar refractivity (Wildman–Crippen MR) is 114 cm³/mol. The SMILES string of the molecule is COC(=O)C[C@H](C(=O)N1CCCC[C@H]1C(=O)OCC(=O)c1ccc(Br)cc1)C(C)C. The molecule has 0 aromatic heterocycles. The summed E-state index contributed by atoms with van der Waals surface area (Å²) < 4.78 is 10.8. The van der Waals surface area contributed by atoms with E-state index in [9.17, 15) is 19.2 Å². The van der Waals surface area contributed by atoms with Crippen LogP contribution >= 0.6 is 15.9 Å². The summed E-state index contributed by atoms with van der Waals surface area (Å²) in [5, 5.41) is 0. The Morgan fingerprint density at radius 1 is 1.13 bits per heavy atom. The van der Waals surface area contributed by atoms with Crippen LogP contribution in [-0.2, 0) is 23.9 Å². The average Bonchev–Trinajstić information content (AvgIpc) is 2.75. The molecule has 1 heterocycles. The fraction of sp³-hybridized carbons (Fsp3) is 0.545. The van der Waals surface area contributed by atoms with E-state index in [0.717, 1.165) is 17.3 Å². The summed E-state index contributed by atoms with van der Waals surface area (Å²) in [7, 11) is 1.29. The van der Waals surface area contributed by atoms with Gasteiger partial charge in [-0.05, 0) is 37.3 Å². The Balaban J connectivity index is 2.05. The van der Waals surface area contributed by atoms with Crippen LogP contribution in [0.3, 0.4) is 0 Å². The van der Waals surface area contributed by atoms with E-state index in [0.29, 0.717) is 18.5 Å². The van der Waals surface area contributed by atoms with E-state index in [1.807, 2.05) is 13.8 Å². The Morgan fingerprint density at radius 2 is 1.80 bits per heavy atom. The van der Waals surface area contributed by atoms with Crippen molar-refractivity contribution in [3.05, 3.63) is 34.3 Å². The lowest BCUT2D eigenvalue weighted by molar-refractivity contribution is -0.159. The number of benzene rings is 1. The minimum Gasteiger partial charge on any atom is -0.469 e. The first-order valence-electron chi connectivity index (χ1n) is 10.1. The molecular weight excluding hydrogens is 454 g/mol. The van der Waals surface area contributed by atoms with E-state index in [4.69, 9.17) is 9.47 Å². The van der Waals surface area contributed by atoms with Gasteiger partial charge < -0.3 is 14.4 Å². The van der Waals surface area contributed by atoms with E-state index in [2.05, 4.69) is 15.9 Å². The maximum absolute atomic E-state index is 13.1. The highest BCUT2D eigenvalue weighted by atomic mass is 79.9. The molecule has 2 rings (SSSR count). The second-order valence-electron chi connectivity index (χ2n) is 7.71. The molecule has 7 nitrogen and oxygen atoms in total. The van der Waals surface area contributed by atoms with Crippen molar-refractivity contribution < 1.29 is 28.7 Å². The lowest BCUT2D eigenvalue weighted by atomic mass is 9.89. The van der Waals surface area contributed by atoms with Crippen LogP contribution in [0.5, 0.6) is 0 Å². The van der Waals surface area contributed by atoms with Gasteiger partial charge in [0.15, 0.2) is 12.4 Å². The van der Waals surface area contributed by atoms with Crippen LogP contribution in [0.15, 0.2) is 28.7 Å². The molecule has 0 bridgehead atoms. The zero-order valence-electron chi connectivity index (χ0n) is 17.6. The smallest absolute Gasteiger partial charge is 0.329 e. The lowest BCUT2D eigenvalue weighted by Crippen LogP contribution is -2.51. The van der Waals surface area contributed by atoms with Crippen LogP contribution in [0.25, 0.3) is 0 Å². The van der Waals surface area contributed by atoms with Gasteiger partial charge in [0.1, 0.15) is 6.04 Å². The highest BCUT2D eigenvalue weighted by Crippen LogP contribution is 2.25. The van der Waals surface area contributed by atoms with E-state index in [1.165, 1.54) is 12.0 Å². The van der Waals surface area contributed by atoms with Crippen molar-refractivity contribution in [2.75, 3.05) is 20.3 Å². The normalized spacial score (nSPS) is 17.4. The molecular formula is C22H28BrNO6. The molecule has 0 unspecified atom stereocenters. The summed E-state index contributed by atoms with van der Waals surface area (Å²) >= 11 is 3.31. The predicted octanol–water partition coefficient (Wildman–Crippen LogP) is 3.39. The Bertz CT molecular complexity index is 776. The number of piperidine rings is 1. The number of nitrogens with zero attached hydrogens (tertiary/aromatic N) is 1. The zero-order chi connectivity index (χ0) is 22.3. The van der Waals surface area contributed by atoms with Crippen LogP contribution in [0.4, 0.5) is 0 Å². The molecule has 0 aliphatic carbocycles. The van der Waals surface area contributed by atoms with Gasteiger partial charge in [-0.1, -0.05) is 41.9 Å². The van der Waals surface area contributed by atoms with Crippen molar-refractivity contribution in [2.45, 2.75) is 45.6 Å². The molecule has 1 aliphatic rings. The third kappa shape index (κ3) is 6.39. The molecule has 1 aliphatic heterocycles. The van der Waals surface area contributed by atoms with Gasteiger partial charge in [-0.25, -0.2) is 4.79 Å². The van der Waals surface area contributed by atoms with E-state index in [-0.39, 0.29) is 30.6 Å². The number of likely N-dealkylation sites (tertiary alicyclic amines) is 1. The molecule has 1 aromatic rings. The van der Waals surface area contributed by atoms with Gasteiger partial charge in [-0.15, -0.1) is 0 Å². The molecule has 2 atom stereocenters. The third-order valence-corrected chi connectivity index (χ3v) is 5.83. The Morgan fingerprint density at radius 3 is 2.40 bits per heavy atom. The number of carbonyl (C=O) groups is 4. The molecule has 1 aromatic carbocycles. The number of hydrogen-bond donors (Lipinski definition) is 0. The number of ketones is 1. The Kier molecular flexibility index (Phi) is 9.02. The summed E-state index contributed by atoms with van der Waals surface area (Å²) in [6.45, 7) is 3.76. The van der Waals surface area contributed by atoms with Crippen LogP contribution in [0.2, 0.25) is 0 Å². The maximum Gasteiger partial charge on any atom is 0.329 e. The van der Waals surface area contributed by atoms with Crippen molar-refractivity contribution in [1.29, 1.82) is 0 Å². The largest absolute Gasteiger partial charge is 0.469 e. The first kappa shape index (κ1) is 24.1. The number of methoxy groups -OCH3 is 1. The van der Waals surface area contributed by atoms with Gasteiger partial charge in [-0.3, -0.25) is 14.4 Å². The van der Waals surface area contributed by atoms with Gasteiger partial charge >= 0.3 is 11.9 Å². The fourth-order valence-electron chi connectivity index (χ4n) is 3.48. The third-order valence-electron chi connectivity index (χ3n) is 5.31. The van der Waals surface area contributed by atoms with Crippen LogP contribution in [0.1, 0.15) is 49.9 Å². The Hall–Kier alpha value is -2.22. The van der Waals surface area contributed by atoms with E-state index >= 15 is 0 Å². The van der Waals surface area contributed by atoms with Gasteiger partial charge in [0.05, 0.1) is 19.4 Å². The first-order valence-corrected chi connectivity index (χ1v) is 10.9. The number of ether oxygens (including phenoxy) is 2. The average molecular weight is 482 g/mol. The van der Waals surface area contributed by atoms with Crippen molar-refractivity contribution in [3.8, 4) is 0 Å². The summed E-state index contributed by atoms with van der Waals surface area (Å²) in [6.07, 6.45) is 2.00. The van der Waals surface area contributed by atoms with E-state index in [1.54, 1.807) is 24.3 Å². The number of halogens is 1. The number of rotatable bonds is 8. The topological polar surface area (TPSA) is 90.0 Å². The monoisotopic (exact) mass is 481 g/mol. The minimum atomic E-state index is -0.747. The van der Waals surface area contributed by atoms with Gasteiger partial charge in [-0.2, -0.15) is 0 Å². The fourth-order valence-corrected chi connectivity index (χ4v) is 3.74. The molecule has 0 radical (unpaired) electrons. The molecule has 8 heteroatoms. The van der Waals surface area contributed by atoms with Gasteiger partial charge in [0.2, 0.25) is 5.91 Å². The standard InChI is InChI=1S/C22H28BrNO6/c1-14(2)17(12-20(26)29-3)21(27)24-11-5-4-6-18(24)22(28)30-13-19(25)15-7-9-16(23)10-8-15/h7-10,14,17-18H,4-6,11-13H2,1-3H3/t17-,18-/m0/s1. The molecule has 0 N–H and O–H groups in total. The van der Waals surface area contributed by atoms with Crippen LogP contribution in [0, 0.1) is 11.8 Å². The quantitative estimate of drug-likeness (QED) is 0.417. The maximum atomic E-state index is 13.1. The summed E-state index contributed by atoms with van der Waals surface area (Å²) in [5.74, 6) is -2.27. The molecule has 164 valence electrons. The second kappa shape index (κ2) is 11.2. The molecule has 1 saturated heterocycles. The highest BCUT2D eigenvalue weighted by molar-refractivity contribution is 9.10. The highest BCUT2D eigenvalue weighted by Gasteiger charge is 2.38. The van der Waals surface area contributed by atoms with Gasteiger partial charge in [0.25, 0.3) is 0 Å². The first-order chi connectivity index (χ1) is 14.2. The van der Waals surface area contributed by atoms with Crippen molar-refractivity contribution in [2.24, 2.45) is 11.8 Å². The van der Waals surface area contributed by atoms with Crippen molar-refractivity contribution in [1.82, 2.24) is 4.90 Å². The number of hydrogen-bond acceptors (Lipinski definition) is 6. The molecule has 1 fully saturated rings. The number of Topliss-reactive ketones (excluding diaryl/α,β-unsaturated/α-hetero) is 1. The number of carbonyl (C=O) groups excluding carboxylic acids is 4.